The first-order valence-corrected chi connectivity index (χ1v) is 4.85. The largest absolute Gasteiger partial charge is 0.465 e. The van der Waals surface area contributed by atoms with Gasteiger partial charge in [-0.2, -0.15) is 0 Å². The lowest BCUT2D eigenvalue weighted by Crippen LogP contribution is -2.35. The van der Waals surface area contributed by atoms with Crippen LogP contribution in [0.4, 0.5) is 4.79 Å². The topological polar surface area (TPSA) is 59.0 Å². The van der Waals surface area contributed by atoms with Crippen molar-refractivity contribution < 1.29 is 19.4 Å². The Kier molecular flexibility index (Phi) is 8.27. The maximum absolute atomic E-state index is 10.7. The molecule has 0 spiro atoms. The fourth-order valence-electron chi connectivity index (χ4n) is 0.941. The van der Waals surface area contributed by atoms with Crippen LogP contribution in [0.1, 0.15) is 13.8 Å². The third-order valence-corrected chi connectivity index (χ3v) is 1.69. The van der Waals surface area contributed by atoms with E-state index in [9.17, 15) is 4.79 Å². The molecule has 0 fully saturated rings. The first-order valence-electron chi connectivity index (χ1n) is 4.85. The van der Waals surface area contributed by atoms with E-state index in [2.05, 4.69) is 0 Å². The van der Waals surface area contributed by atoms with Crippen molar-refractivity contribution in [3.05, 3.63) is 0 Å². The Hall–Kier alpha value is -0.810. The van der Waals surface area contributed by atoms with E-state index in [1.165, 1.54) is 4.90 Å². The first-order chi connectivity index (χ1) is 6.72. The van der Waals surface area contributed by atoms with Crippen LogP contribution in [0.3, 0.4) is 0 Å². The highest BCUT2D eigenvalue weighted by Crippen LogP contribution is 1.90. The molecule has 14 heavy (non-hydrogen) atoms. The Morgan fingerprint density at radius 1 is 1.14 bits per heavy atom. The van der Waals surface area contributed by atoms with Gasteiger partial charge >= 0.3 is 6.09 Å². The summed E-state index contributed by atoms with van der Waals surface area (Å²) in [6, 6.07) is 0. The number of ether oxygens (including phenoxy) is 2. The van der Waals surface area contributed by atoms with E-state index in [0.717, 1.165) is 0 Å². The molecule has 0 aromatic rings. The predicted octanol–water partition coefficient (Wildman–Crippen LogP) is 1.04. The lowest BCUT2D eigenvalue weighted by Gasteiger charge is -2.18. The number of carbonyl (C=O) groups is 1. The van der Waals surface area contributed by atoms with Gasteiger partial charge < -0.3 is 19.5 Å². The summed E-state index contributed by atoms with van der Waals surface area (Å²) in [5, 5.41) is 8.79. The quantitative estimate of drug-likeness (QED) is 0.601. The molecule has 1 N–H and O–H groups in total. The zero-order chi connectivity index (χ0) is 10.8. The second kappa shape index (κ2) is 8.77. The average Bonchev–Trinajstić information content (AvgIpc) is 2.15. The van der Waals surface area contributed by atoms with E-state index in [1.54, 1.807) is 0 Å². The molecule has 0 rings (SSSR count). The lowest BCUT2D eigenvalue weighted by atomic mass is 10.5. The standard InChI is InChI=1S/C9H19NO4/c1-3-13-7-5-10(9(11)12)6-8-14-4-2/h3-8H2,1-2H3,(H,11,12). The Balaban J connectivity index is 3.61. The van der Waals surface area contributed by atoms with E-state index in [-0.39, 0.29) is 0 Å². The minimum Gasteiger partial charge on any atom is -0.465 e. The van der Waals surface area contributed by atoms with Gasteiger partial charge in [0.15, 0.2) is 0 Å². The summed E-state index contributed by atoms with van der Waals surface area (Å²) in [4.78, 5) is 12.0. The van der Waals surface area contributed by atoms with Crippen LogP contribution in [0.25, 0.3) is 0 Å². The fourth-order valence-corrected chi connectivity index (χ4v) is 0.941. The molecule has 0 aromatic carbocycles. The van der Waals surface area contributed by atoms with Gasteiger partial charge in [0.1, 0.15) is 0 Å². The van der Waals surface area contributed by atoms with E-state index < -0.39 is 6.09 Å². The van der Waals surface area contributed by atoms with Crippen molar-refractivity contribution in [2.24, 2.45) is 0 Å². The molecule has 5 nitrogen and oxygen atoms in total. The summed E-state index contributed by atoms with van der Waals surface area (Å²) in [5.74, 6) is 0. The predicted molar refractivity (Wildman–Crippen MR) is 52.6 cm³/mol. The van der Waals surface area contributed by atoms with Gasteiger partial charge in [0.25, 0.3) is 0 Å². The van der Waals surface area contributed by atoms with E-state index in [4.69, 9.17) is 14.6 Å². The molecule has 84 valence electrons. The van der Waals surface area contributed by atoms with E-state index in [0.29, 0.717) is 39.5 Å². The molecule has 0 bridgehead atoms. The van der Waals surface area contributed by atoms with Crippen molar-refractivity contribution in [2.45, 2.75) is 13.8 Å². The summed E-state index contributed by atoms with van der Waals surface area (Å²) in [6.07, 6.45) is -0.926. The minimum absolute atomic E-state index is 0.399. The summed E-state index contributed by atoms with van der Waals surface area (Å²) in [7, 11) is 0. The van der Waals surface area contributed by atoms with Crippen molar-refractivity contribution in [3.63, 3.8) is 0 Å². The van der Waals surface area contributed by atoms with Crippen molar-refractivity contribution in [2.75, 3.05) is 39.5 Å². The van der Waals surface area contributed by atoms with Gasteiger partial charge in [0, 0.05) is 26.3 Å². The van der Waals surface area contributed by atoms with Gasteiger partial charge in [-0.3, -0.25) is 0 Å². The maximum atomic E-state index is 10.7. The third kappa shape index (κ3) is 6.68. The molecular weight excluding hydrogens is 186 g/mol. The van der Waals surface area contributed by atoms with Gasteiger partial charge in [-0.1, -0.05) is 0 Å². The van der Waals surface area contributed by atoms with Crippen LogP contribution >= 0.6 is 0 Å². The Morgan fingerprint density at radius 2 is 1.57 bits per heavy atom. The summed E-state index contributed by atoms with van der Waals surface area (Å²) in [5.41, 5.74) is 0. The molecule has 0 unspecified atom stereocenters. The molecular formula is C9H19NO4. The van der Waals surface area contributed by atoms with Crippen molar-refractivity contribution in [1.82, 2.24) is 4.90 Å². The van der Waals surface area contributed by atoms with E-state index in [1.807, 2.05) is 13.8 Å². The third-order valence-electron chi connectivity index (χ3n) is 1.69. The van der Waals surface area contributed by atoms with Crippen LogP contribution in [0.2, 0.25) is 0 Å². The lowest BCUT2D eigenvalue weighted by molar-refractivity contribution is 0.0766. The smallest absolute Gasteiger partial charge is 0.407 e. The molecule has 0 saturated carbocycles. The molecule has 0 aliphatic carbocycles. The highest BCUT2D eigenvalue weighted by atomic mass is 16.5. The second-order valence-electron chi connectivity index (χ2n) is 2.66. The number of amides is 1. The van der Waals surface area contributed by atoms with Crippen molar-refractivity contribution in [1.29, 1.82) is 0 Å². The fraction of sp³-hybridized carbons (Fsp3) is 0.889. The Labute approximate surface area is 84.6 Å². The van der Waals surface area contributed by atoms with Crippen LogP contribution in [-0.2, 0) is 9.47 Å². The Bertz CT molecular complexity index is 142. The highest BCUT2D eigenvalue weighted by molar-refractivity contribution is 5.64. The molecule has 0 aliphatic heterocycles. The molecule has 1 amide bonds. The van der Waals surface area contributed by atoms with Crippen LogP contribution in [-0.4, -0.2) is 55.6 Å². The molecule has 0 aliphatic rings. The molecule has 0 radical (unpaired) electrons. The van der Waals surface area contributed by atoms with Crippen LogP contribution in [0, 0.1) is 0 Å². The molecule has 0 saturated heterocycles. The molecule has 5 heteroatoms. The van der Waals surface area contributed by atoms with Gasteiger partial charge in [0.2, 0.25) is 0 Å². The van der Waals surface area contributed by atoms with Gasteiger partial charge in [-0.15, -0.1) is 0 Å². The van der Waals surface area contributed by atoms with E-state index >= 15 is 0 Å². The normalized spacial score (nSPS) is 10.1. The van der Waals surface area contributed by atoms with Crippen molar-refractivity contribution >= 4 is 6.09 Å². The SMILES string of the molecule is CCOCCN(CCOCC)C(=O)O. The number of hydrogen-bond donors (Lipinski definition) is 1. The maximum Gasteiger partial charge on any atom is 0.407 e. The number of hydrogen-bond acceptors (Lipinski definition) is 3. The van der Waals surface area contributed by atoms with Crippen LogP contribution < -0.4 is 0 Å². The van der Waals surface area contributed by atoms with Gasteiger partial charge in [0.05, 0.1) is 13.2 Å². The van der Waals surface area contributed by atoms with Gasteiger partial charge in [-0.25, -0.2) is 4.79 Å². The minimum atomic E-state index is -0.926. The van der Waals surface area contributed by atoms with Crippen molar-refractivity contribution in [3.8, 4) is 0 Å². The number of nitrogens with zero attached hydrogens (tertiary/aromatic N) is 1. The van der Waals surface area contributed by atoms with Crippen LogP contribution in [0.15, 0.2) is 0 Å². The molecule has 0 heterocycles. The molecule has 0 atom stereocenters. The number of carboxylic acid groups (broad SMARTS) is 1. The Morgan fingerprint density at radius 3 is 1.86 bits per heavy atom. The highest BCUT2D eigenvalue weighted by Gasteiger charge is 2.10. The van der Waals surface area contributed by atoms with Crippen LogP contribution in [0.5, 0.6) is 0 Å². The van der Waals surface area contributed by atoms with Gasteiger partial charge in [-0.05, 0) is 13.8 Å². The summed E-state index contributed by atoms with van der Waals surface area (Å²) >= 11 is 0. The first kappa shape index (κ1) is 13.2. The average molecular weight is 205 g/mol. The summed E-state index contributed by atoms with van der Waals surface area (Å²) < 4.78 is 10.1. The zero-order valence-corrected chi connectivity index (χ0v) is 8.86. The summed E-state index contributed by atoms with van der Waals surface area (Å²) in [6.45, 7) is 6.66. The monoisotopic (exact) mass is 205 g/mol. The zero-order valence-electron chi connectivity index (χ0n) is 8.86. The number of rotatable bonds is 8. The molecule has 0 aromatic heterocycles. The second-order valence-corrected chi connectivity index (χ2v) is 2.66.